The highest BCUT2D eigenvalue weighted by Crippen LogP contribution is 2.37. The first-order chi connectivity index (χ1) is 7.97. The molecule has 2 atom stereocenters. The molecule has 1 aliphatic heterocycles. The van der Waals surface area contributed by atoms with Gasteiger partial charge in [-0.1, -0.05) is 6.42 Å². The number of amides is 1. The Morgan fingerprint density at radius 3 is 2.71 bits per heavy atom. The van der Waals surface area contributed by atoms with Gasteiger partial charge in [0.05, 0.1) is 0 Å². The fraction of sp³-hybridized carbons (Fsp3) is 0.929. The van der Waals surface area contributed by atoms with Crippen molar-refractivity contribution in [1.82, 2.24) is 4.90 Å². The van der Waals surface area contributed by atoms with Gasteiger partial charge in [0.1, 0.15) is 0 Å². The number of carbonyl (C=O) groups is 1. The molecule has 98 valence electrons. The van der Waals surface area contributed by atoms with Crippen LogP contribution in [0.15, 0.2) is 0 Å². The summed E-state index contributed by atoms with van der Waals surface area (Å²) in [7, 11) is 0. The summed E-state index contributed by atoms with van der Waals surface area (Å²) in [5.74, 6) is 1.12. The van der Waals surface area contributed by atoms with Crippen LogP contribution in [0.4, 0.5) is 0 Å². The summed E-state index contributed by atoms with van der Waals surface area (Å²) in [4.78, 5) is 14.4. The minimum atomic E-state index is -0.222. The second kappa shape index (κ2) is 4.97. The van der Waals surface area contributed by atoms with Crippen molar-refractivity contribution in [2.24, 2.45) is 11.7 Å². The Hall–Kier alpha value is -0.570. The average Bonchev–Trinajstić information content (AvgIpc) is 2.72. The predicted molar refractivity (Wildman–Crippen MR) is 69.6 cm³/mol. The van der Waals surface area contributed by atoms with Crippen LogP contribution in [0.1, 0.15) is 58.8 Å². The first-order valence-electron chi connectivity index (χ1n) is 7.06. The van der Waals surface area contributed by atoms with Crippen LogP contribution in [0.25, 0.3) is 0 Å². The number of nitrogens with two attached hydrogens (primary N) is 1. The number of hydrogen-bond donors (Lipinski definition) is 1. The van der Waals surface area contributed by atoms with Crippen molar-refractivity contribution in [2.75, 3.05) is 6.54 Å². The van der Waals surface area contributed by atoms with Crippen LogP contribution in [0.5, 0.6) is 0 Å². The van der Waals surface area contributed by atoms with E-state index in [1.807, 2.05) is 13.8 Å². The van der Waals surface area contributed by atoms with Gasteiger partial charge < -0.3 is 10.6 Å². The predicted octanol–water partition coefficient (Wildman–Crippen LogP) is 2.29. The molecule has 2 rings (SSSR count). The molecule has 1 heterocycles. The lowest BCUT2D eigenvalue weighted by Crippen LogP contribution is -2.46. The van der Waals surface area contributed by atoms with Gasteiger partial charge in [-0.15, -0.1) is 0 Å². The van der Waals surface area contributed by atoms with E-state index < -0.39 is 0 Å². The van der Waals surface area contributed by atoms with Gasteiger partial charge in [0.25, 0.3) is 0 Å². The van der Waals surface area contributed by atoms with Crippen molar-refractivity contribution < 1.29 is 4.79 Å². The van der Waals surface area contributed by atoms with Crippen LogP contribution in [0.3, 0.4) is 0 Å². The van der Waals surface area contributed by atoms with Crippen LogP contribution < -0.4 is 5.73 Å². The van der Waals surface area contributed by atoms with E-state index in [2.05, 4.69) is 4.90 Å². The zero-order chi connectivity index (χ0) is 12.5. The summed E-state index contributed by atoms with van der Waals surface area (Å²) >= 11 is 0. The number of hydrogen-bond acceptors (Lipinski definition) is 2. The minimum Gasteiger partial charge on any atom is -0.339 e. The van der Waals surface area contributed by atoms with Crippen molar-refractivity contribution in [3.63, 3.8) is 0 Å². The second-order valence-electron chi connectivity index (χ2n) is 6.48. The Morgan fingerprint density at radius 1 is 1.29 bits per heavy atom. The van der Waals surface area contributed by atoms with Gasteiger partial charge in [0.15, 0.2) is 0 Å². The molecule has 0 radical (unpaired) electrons. The topological polar surface area (TPSA) is 46.3 Å². The maximum Gasteiger partial charge on any atom is 0.222 e. The van der Waals surface area contributed by atoms with Crippen molar-refractivity contribution >= 4 is 5.91 Å². The van der Waals surface area contributed by atoms with Crippen LogP contribution in [0.2, 0.25) is 0 Å². The van der Waals surface area contributed by atoms with Gasteiger partial charge in [-0.05, 0) is 51.9 Å². The van der Waals surface area contributed by atoms with E-state index in [0.717, 1.165) is 18.9 Å². The quantitative estimate of drug-likeness (QED) is 0.820. The molecule has 3 nitrogen and oxygen atoms in total. The molecule has 1 aliphatic carbocycles. The molecule has 3 heteroatoms. The Balaban J connectivity index is 1.90. The highest BCUT2D eigenvalue weighted by atomic mass is 16.2. The Bertz CT molecular complexity index is 282. The standard InChI is InChI=1S/C14H26N2O/c1-14(2,15)9-8-13(17)16-10-4-6-11-5-3-7-12(11)16/h11-12H,3-10,15H2,1-2H3. The number of rotatable bonds is 3. The lowest BCUT2D eigenvalue weighted by Gasteiger charge is -2.38. The Morgan fingerprint density at radius 2 is 2.00 bits per heavy atom. The Kier molecular flexibility index (Phi) is 3.76. The molecule has 0 spiro atoms. The maximum absolute atomic E-state index is 12.3. The number of likely N-dealkylation sites (tertiary alicyclic amines) is 1. The van der Waals surface area contributed by atoms with E-state index in [1.54, 1.807) is 0 Å². The van der Waals surface area contributed by atoms with Crippen molar-refractivity contribution in [2.45, 2.75) is 70.4 Å². The molecule has 2 fully saturated rings. The van der Waals surface area contributed by atoms with Crippen LogP contribution >= 0.6 is 0 Å². The first kappa shape index (κ1) is 12.9. The van der Waals surface area contributed by atoms with Gasteiger partial charge >= 0.3 is 0 Å². The first-order valence-corrected chi connectivity index (χ1v) is 7.06. The number of piperidine rings is 1. The van der Waals surface area contributed by atoms with E-state index >= 15 is 0 Å². The third kappa shape index (κ3) is 3.21. The summed E-state index contributed by atoms with van der Waals surface area (Å²) in [5, 5.41) is 0. The molecular formula is C14H26N2O. The van der Waals surface area contributed by atoms with Crippen LogP contribution in [-0.4, -0.2) is 28.9 Å². The second-order valence-corrected chi connectivity index (χ2v) is 6.48. The third-order valence-electron chi connectivity index (χ3n) is 4.30. The smallest absolute Gasteiger partial charge is 0.222 e. The fourth-order valence-corrected chi connectivity index (χ4v) is 3.34. The summed E-state index contributed by atoms with van der Waals surface area (Å²) in [6.07, 6.45) is 7.79. The van der Waals surface area contributed by atoms with Gasteiger partial charge in [-0.25, -0.2) is 0 Å². The fourth-order valence-electron chi connectivity index (χ4n) is 3.34. The van der Waals surface area contributed by atoms with Gasteiger partial charge in [-0.2, -0.15) is 0 Å². The number of carbonyl (C=O) groups excluding carboxylic acids is 1. The summed E-state index contributed by atoms with van der Waals surface area (Å²) in [5.41, 5.74) is 5.73. The lowest BCUT2D eigenvalue weighted by molar-refractivity contribution is -0.136. The zero-order valence-electron chi connectivity index (χ0n) is 11.2. The molecule has 0 aromatic carbocycles. The van der Waals surface area contributed by atoms with Gasteiger partial charge in [-0.3, -0.25) is 4.79 Å². The van der Waals surface area contributed by atoms with Crippen LogP contribution in [0, 0.1) is 5.92 Å². The van der Waals surface area contributed by atoms with E-state index in [-0.39, 0.29) is 5.54 Å². The van der Waals surface area contributed by atoms with E-state index in [1.165, 1.54) is 32.1 Å². The van der Waals surface area contributed by atoms with Gasteiger partial charge in [0.2, 0.25) is 5.91 Å². The molecule has 1 saturated heterocycles. The molecule has 1 saturated carbocycles. The van der Waals surface area contributed by atoms with Gasteiger partial charge in [0, 0.05) is 24.5 Å². The number of nitrogens with zero attached hydrogens (tertiary/aromatic N) is 1. The van der Waals surface area contributed by atoms with Crippen molar-refractivity contribution in [3.05, 3.63) is 0 Å². The van der Waals surface area contributed by atoms with Crippen LogP contribution in [-0.2, 0) is 4.79 Å². The molecular weight excluding hydrogens is 212 g/mol. The molecule has 2 unspecified atom stereocenters. The number of fused-ring (bicyclic) bond motifs is 1. The third-order valence-corrected chi connectivity index (χ3v) is 4.30. The molecule has 2 aliphatic rings. The normalized spacial score (nSPS) is 29.2. The molecule has 2 N–H and O–H groups in total. The summed E-state index contributed by atoms with van der Waals surface area (Å²) < 4.78 is 0. The monoisotopic (exact) mass is 238 g/mol. The SMILES string of the molecule is CC(C)(N)CCC(=O)N1CCCC2CCCC21. The maximum atomic E-state index is 12.3. The molecule has 1 amide bonds. The average molecular weight is 238 g/mol. The molecule has 0 bridgehead atoms. The minimum absolute atomic E-state index is 0.222. The summed E-state index contributed by atoms with van der Waals surface area (Å²) in [6, 6.07) is 0.553. The van der Waals surface area contributed by atoms with Crippen molar-refractivity contribution in [3.8, 4) is 0 Å². The highest BCUT2D eigenvalue weighted by Gasteiger charge is 2.37. The molecule has 0 aromatic rings. The highest BCUT2D eigenvalue weighted by molar-refractivity contribution is 5.76. The summed E-state index contributed by atoms with van der Waals surface area (Å²) in [6.45, 7) is 4.97. The van der Waals surface area contributed by atoms with Crippen molar-refractivity contribution in [1.29, 1.82) is 0 Å². The van der Waals surface area contributed by atoms with E-state index in [0.29, 0.717) is 18.4 Å². The zero-order valence-corrected chi connectivity index (χ0v) is 11.2. The lowest BCUT2D eigenvalue weighted by atomic mass is 9.91. The molecule has 17 heavy (non-hydrogen) atoms. The van der Waals surface area contributed by atoms with E-state index in [9.17, 15) is 4.79 Å². The largest absolute Gasteiger partial charge is 0.339 e. The van der Waals surface area contributed by atoms with E-state index in [4.69, 9.17) is 5.73 Å². The molecule has 0 aromatic heterocycles. The Labute approximate surface area is 105 Å².